The summed E-state index contributed by atoms with van der Waals surface area (Å²) in [6, 6.07) is 0. The van der Waals surface area contributed by atoms with Crippen LogP contribution in [-0.4, -0.2) is 28.7 Å². The van der Waals surface area contributed by atoms with Gasteiger partial charge in [0.05, 0.1) is 0 Å². The van der Waals surface area contributed by atoms with Crippen LogP contribution in [0.4, 0.5) is 0 Å². The molecule has 3 heteroatoms. The minimum atomic E-state index is -1.07. The summed E-state index contributed by atoms with van der Waals surface area (Å²) in [6.45, 7) is 3.06. The highest BCUT2D eigenvalue weighted by Crippen LogP contribution is 2.02. The van der Waals surface area contributed by atoms with Crippen molar-refractivity contribution in [2.45, 2.75) is 32.8 Å². The lowest BCUT2D eigenvalue weighted by atomic mass is 10.1. The molecular formula is C13H18O3. The van der Waals surface area contributed by atoms with Gasteiger partial charge in [-0.25, -0.2) is 0 Å². The van der Waals surface area contributed by atoms with Crippen molar-refractivity contribution in [2.24, 2.45) is 0 Å². The largest absolute Gasteiger partial charge is 0.388 e. The number of aliphatic hydroxyl groups is 2. The van der Waals surface area contributed by atoms with E-state index in [1.807, 2.05) is 25.2 Å². The summed E-state index contributed by atoms with van der Waals surface area (Å²) in [4.78, 5) is 10.8. The van der Waals surface area contributed by atoms with Crippen molar-refractivity contribution in [1.29, 1.82) is 0 Å². The number of hydrogen-bond acceptors (Lipinski definition) is 3. The van der Waals surface area contributed by atoms with E-state index >= 15 is 0 Å². The van der Waals surface area contributed by atoms with Gasteiger partial charge in [-0.05, 0) is 26.7 Å². The van der Waals surface area contributed by atoms with E-state index in [-0.39, 0.29) is 0 Å². The van der Waals surface area contributed by atoms with Gasteiger partial charge in [-0.2, -0.15) is 0 Å². The van der Waals surface area contributed by atoms with Gasteiger partial charge >= 0.3 is 0 Å². The zero-order valence-electron chi connectivity index (χ0n) is 9.73. The summed E-state index contributed by atoms with van der Waals surface area (Å²) in [7, 11) is 0. The maximum Gasteiger partial charge on any atom is 0.186 e. The number of Topliss-reactive ketones (excluding diaryl/α,β-unsaturated/α-hetero) is 1. The highest BCUT2D eigenvalue weighted by molar-refractivity contribution is 5.83. The van der Waals surface area contributed by atoms with E-state index in [4.69, 9.17) is 5.11 Å². The van der Waals surface area contributed by atoms with Gasteiger partial charge in [-0.3, -0.25) is 4.79 Å². The first-order valence-electron chi connectivity index (χ1n) is 5.23. The second kappa shape index (κ2) is 8.90. The number of carbonyl (C=O) groups excluding carboxylic acids is 1. The van der Waals surface area contributed by atoms with E-state index in [1.165, 1.54) is 0 Å². The predicted octanol–water partition coefficient (Wildman–Crippen LogP) is 1.21. The van der Waals surface area contributed by atoms with Crippen molar-refractivity contribution in [3.05, 3.63) is 23.8 Å². The maximum atomic E-state index is 10.8. The average molecular weight is 222 g/mol. The highest BCUT2D eigenvalue weighted by atomic mass is 16.3. The summed E-state index contributed by atoms with van der Waals surface area (Å²) < 4.78 is 0. The molecule has 1 unspecified atom stereocenters. The summed E-state index contributed by atoms with van der Waals surface area (Å²) >= 11 is 0. The summed E-state index contributed by atoms with van der Waals surface area (Å²) in [5, 5.41) is 17.8. The van der Waals surface area contributed by atoms with Crippen molar-refractivity contribution in [1.82, 2.24) is 0 Å². The minimum Gasteiger partial charge on any atom is -0.388 e. The molecule has 0 radical (unpaired) electrons. The molecule has 1 atom stereocenters. The molecule has 0 spiro atoms. The molecule has 2 N–H and O–H groups in total. The Labute approximate surface area is 96.5 Å². The van der Waals surface area contributed by atoms with Crippen molar-refractivity contribution in [3.63, 3.8) is 0 Å². The van der Waals surface area contributed by atoms with Gasteiger partial charge in [0.15, 0.2) is 5.78 Å². The van der Waals surface area contributed by atoms with Crippen LogP contribution in [0.3, 0.4) is 0 Å². The Morgan fingerprint density at radius 1 is 1.50 bits per heavy atom. The number of hydrogen-bond donors (Lipinski definition) is 2. The van der Waals surface area contributed by atoms with Crippen LogP contribution in [0.5, 0.6) is 0 Å². The van der Waals surface area contributed by atoms with E-state index in [0.717, 1.165) is 5.57 Å². The van der Waals surface area contributed by atoms with E-state index < -0.39 is 18.5 Å². The van der Waals surface area contributed by atoms with Crippen molar-refractivity contribution < 1.29 is 15.0 Å². The Morgan fingerprint density at radius 3 is 2.69 bits per heavy atom. The Balaban J connectivity index is 4.01. The maximum absolute atomic E-state index is 10.8. The van der Waals surface area contributed by atoms with Crippen LogP contribution in [0, 0.1) is 11.8 Å². The normalized spacial score (nSPS) is 13.4. The SMILES string of the molecule is CC#CC(/C=C\CCC(O)C(=O)CO)=C/C. The second-order valence-corrected chi connectivity index (χ2v) is 3.24. The molecule has 0 aliphatic carbocycles. The van der Waals surface area contributed by atoms with Crippen LogP contribution in [-0.2, 0) is 4.79 Å². The molecule has 0 fully saturated rings. The first-order chi connectivity index (χ1) is 7.65. The van der Waals surface area contributed by atoms with Crippen LogP contribution in [0.2, 0.25) is 0 Å². The smallest absolute Gasteiger partial charge is 0.186 e. The summed E-state index contributed by atoms with van der Waals surface area (Å²) in [5.41, 5.74) is 0.908. The summed E-state index contributed by atoms with van der Waals surface area (Å²) in [6.07, 6.45) is 5.44. The number of carbonyl (C=O) groups is 1. The first-order valence-corrected chi connectivity index (χ1v) is 5.23. The van der Waals surface area contributed by atoms with Gasteiger partial charge in [-0.15, -0.1) is 5.92 Å². The standard InChI is InChI=1S/C13H18O3/c1-3-7-11(4-2)8-5-6-9-12(15)13(16)10-14/h4-5,8,12,14-15H,6,9-10H2,1-2H3/b8-5-,11-4-. The van der Waals surface area contributed by atoms with Gasteiger partial charge in [0.1, 0.15) is 12.7 Å². The Bertz CT molecular complexity index is 329. The Hall–Kier alpha value is -1.37. The molecule has 3 nitrogen and oxygen atoms in total. The monoisotopic (exact) mass is 222 g/mol. The number of allylic oxidation sites excluding steroid dienone is 4. The molecule has 0 saturated carbocycles. The van der Waals surface area contributed by atoms with E-state index in [1.54, 1.807) is 6.92 Å². The second-order valence-electron chi connectivity index (χ2n) is 3.24. The van der Waals surface area contributed by atoms with E-state index in [9.17, 15) is 9.90 Å². The topological polar surface area (TPSA) is 57.5 Å². The van der Waals surface area contributed by atoms with E-state index in [0.29, 0.717) is 12.8 Å². The molecule has 0 bridgehead atoms. The molecular weight excluding hydrogens is 204 g/mol. The average Bonchev–Trinajstić information content (AvgIpc) is 2.31. The zero-order valence-corrected chi connectivity index (χ0v) is 9.73. The van der Waals surface area contributed by atoms with Gasteiger partial charge in [0.2, 0.25) is 0 Å². The lowest BCUT2D eigenvalue weighted by molar-refractivity contribution is -0.130. The van der Waals surface area contributed by atoms with Gasteiger partial charge < -0.3 is 10.2 Å². The van der Waals surface area contributed by atoms with Crippen molar-refractivity contribution >= 4 is 5.78 Å². The molecule has 88 valence electrons. The highest BCUT2D eigenvalue weighted by Gasteiger charge is 2.11. The number of rotatable bonds is 6. The zero-order chi connectivity index (χ0) is 12.4. The van der Waals surface area contributed by atoms with Gasteiger partial charge in [-0.1, -0.05) is 24.1 Å². The van der Waals surface area contributed by atoms with Crippen LogP contribution in [0.25, 0.3) is 0 Å². The predicted molar refractivity (Wildman–Crippen MR) is 63.7 cm³/mol. The van der Waals surface area contributed by atoms with E-state index in [2.05, 4.69) is 11.8 Å². The first kappa shape index (κ1) is 14.6. The van der Waals surface area contributed by atoms with Crippen molar-refractivity contribution in [2.75, 3.05) is 6.61 Å². The van der Waals surface area contributed by atoms with Gasteiger partial charge in [0, 0.05) is 5.57 Å². The van der Waals surface area contributed by atoms with Crippen LogP contribution in [0.15, 0.2) is 23.8 Å². The van der Waals surface area contributed by atoms with Crippen LogP contribution >= 0.6 is 0 Å². The van der Waals surface area contributed by atoms with Crippen LogP contribution < -0.4 is 0 Å². The molecule has 0 aromatic rings. The molecule has 0 aliphatic heterocycles. The minimum absolute atomic E-state index is 0.326. The Kier molecular flexibility index (Phi) is 8.14. The fourth-order valence-corrected chi connectivity index (χ4v) is 1.09. The molecule has 0 amide bonds. The summed E-state index contributed by atoms with van der Waals surface area (Å²) in [5.74, 6) is 5.16. The molecule has 0 saturated heterocycles. The third kappa shape index (κ3) is 6.18. The lowest BCUT2D eigenvalue weighted by Crippen LogP contribution is -2.22. The van der Waals surface area contributed by atoms with Gasteiger partial charge in [0.25, 0.3) is 0 Å². The molecule has 0 aromatic heterocycles. The number of ketones is 1. The fraction of sp³-hybridized carbons (Fsp3) is 0.462. The quantitative estimate of drug-likeness (QED) is 0.524. The Morgan fingerprint density at radius 2 is 2.19 bits per heavy atom. The number of aliphatic hydroxyl groups excluding tert-OH is 2. The third-order valence-corrected chi connectivity index (χ3v) is 2.01. The van der Waals surface area contributed by atoms with Crippen molar-refractivity contribution in [3.8, 4) is 11.8 Å². The fourth-order valence-electron chi connectivity index (χ4n) is 1.09. The molecule has 16 heavy (non-hydrogen) atoms. The molecule has 0 aliphatic rings. The lowest BCUT2D eigenvalue weighted by Gasteiger charge is -2.04. The molecule has 0 aromatic carbocycles. The van der Waals surface area contributed by atoms with Crippen LogP contribution in [0.1, 0.15) is 26.7 Å². The third-order valence-electron chi connectivity index (χ3n) is 2.01. The molecule has 0 heterocycles. The molecule has 0 rings (SSSR count).